The van der Waals surface area contributed by atoms with E-state index in [9.17, 15) is 10.5 Å². The molecule has 0 aromatic carbocycles. The highest BCUT2D eigenvalue weighted by Crippen LogP contribution is 2.43. The van der Waals surface area contributed by atoms with E-state index in [1.54, 1.807) is 0 Å². The van der Waals surface area contributed by atoms with Crippen molar-refractivity contribution in [3.8, 4) is 18.0 Å². The fourth-order valence-corrected chi connectivity index (χ4v) is 3.94. The average Bonchev–Trinajstić information content (AvgIpc) is 3.13. The largest absolute Gasteiger partial charge is 0.473 e. The summed E-state index contributed by atoms with van der Waals surface area (Å²) in [5.41, 5.74) is 3.36. The normalized spacial score (nSPS) is 15.4. The smallest absolute Gasteiger partial charge is 0.250 e. The summed E-state index contributed by atoms with van der Waals surface area (Å²) in [6, 6.07) is 6.33. The van der Waals surface area contributed by atoms with Gasteiger partial charge in [0.2, 0.25) is 0 Å². The fraction of sp³-hybridized carbons (Fsp3) is 0.312. The minimum Gasteiger partial charge on any atom is -0.473 e. The van der Waals surface area contributed by atoms with Crippen LogP contribution < -0.4 is 10.1 Å². The van der Waals surface area contributed by atoms with Crippen molar-refractivity contribution in [2.24, 2.45) is 0 Å². The summed E-state index contributed by atoms with van der Waals surface area (Å²) < 4.78 is 6.22. The number of aliphatic hydroxyl groups is 1. The molecule has 0 radical (unpaired) electrons. The maximum absolute atomic E-state index is 9.54. The molecule has 7 nitrogen and oxygen atoms in total. The Morgan fingerprint density at radius 1 is 1.29 bits per heavy atom. The van der Waals surface area contributed by atoms with E-state index >= 15 is 0 Å². The van der Waals surface area contributed by atoms with Crippen LogP contribution in [-0.4, -0.2) is 28.5 Å². The van der Waals surface area contributed by atoms with Crippen molar-refractivity contribution in [2.75, 3.05) is 13.2 Å². The van der Waals surface area contributed by atoms with Gasteiger partial charge >= 0.3 is 0 Å². The number of thiophene rings is 1. The van der Waals surface area contributed by atoms with Gasteiger partial charge in [0.1, 0.15) is 11.3 Å². The molecule has 3 rings (SSSR count). The zero-order chi connectivity index (χ0) is 17.3. The second kappa shape index (κ2) is 6.36. The van der Waals surface area contributed by atoms with E-state index < -0.39 is 5.92 Å². The number of dihydropyridines is 1. The fourth-order valence-electron chi connectivity index (χ4n) is 2.77. The summed E-state index contributed by atoms with van der Waals surface area (Å²) in [6.07, 6.45) is 0. The minimum atomic E-state index is -0.391. The lowest BCUT2D eigenvalue weighted by Crippen LogP contribution is -2.22. The summed E-state index contributed by atoms with van der Waals surface area (Å²) in [5, 5.41) is 38.0. The zero-order valence-electron chi connectivity index (χ0n) is 13.2. The van der Waals surface area contributed by atoms with Gasteiger partial charge in [0, 0.05) is 16.3 Å². The average molecular weight is 341 g/mol. The first-order valence-corrected chi connectivity index (χ1v) is 8.12. The highest BCUT2D eigenvalue weighted by molar-refractivity contribution is 7.19. The molecule has 0 atom stereocenters. The van der Waals surface area contributed by atoms with Crippen molar-refractivity contribution in [1.82, 2.24) is 15.5 Å². The molecule has 122 valence electrons. The van der Waals surface area contributed by atoms with Crippen molar-refractivity contribution in [2.45, 2.75) is 19.8 Å². The van der Waals surface area contributed by atoms with Gasteiger partial charge in [-0.1, -0.05) is 0 Å². The van der Waals surface area contributed by atoms with Crippen LogP contribution in [-0.2, 0) is 0 Å². The Morgan fingerprint density at radius 2 is 1.96 bits per heavy atom. The number of nitrogens with one attached hydrogen (secondary N) is 2. The van der Waals surface area contributed by atoms with Crippen LogP contribution in [0.4, 0.5) is 0 Å². The molecule has 0 aliphatic carbocycles. The molecular weight excluding hydrogens is 326 g/mol. The Hall–Kier alpha value is -2.81. The van der Waals surface area contributed by atoms with Gasteiger partial charge in [-0.2, -0.15) is 10.5 Å². The van der Waals surface area contributed by atoms with E-state index in [4.69, 9.17) is 9.84 Å². The van der Waals surface area contributed by atoms with Gasteiger partial charge in [0.15, 0.2) is 0 Å². The van der Waals surface area contributed by atoms with Crippen LogP contribution in [0.5, 0.6) is 5.88 Å². The van der Waals surface area contributed by atoms with E-state index in [2.05, 4.69) is 27.7 Å². The Kier molecular flexibility index (Phi) is 4.26. The van der Waals surface area contributed by atoms with Gasteiger partial charge < -0.3 is 15.2 Å². The molecule has 1 aliphatic heterocycles. The third kappa shape index (κ3) is 2.52. The van der Waals surface area contributed by atoms with Crippen molar-refractivity contribution in [3.63, 3.8) is 0 Å². The van der Waals surface area contributed by atoms with Gasteiger partial charge in [-0.25, -0.2) is 0 Å². The molecule has 0 saturated heterocycles. The standard InChI is InChI=1S/C16H15N5O2S/c1-8-10(6-17)14(11(7-18)9(2)19-8)13-5-12-15(24-13)16(21-20-12)23-4-3-22/h5,14,19,22H,3-4H2,1-2H3,(H,20,21). The Morgan fingerprint density at radius 3 is 2.54 bits per heavy atom. The van der Waals surface area contributed by atoms with Crippen LogP contribution in [0, 0.1) is 22.7 Å². The number of hydrogen-bond acceptors (Lipinski definition) is 7. The summed E-state index contributed by atoms with van der Waals surface area (Å²) in [4.78, 5) is 0.876. The third-order valence-corrected chi connectivity index (χ3v) is 5.03. The van der Waals surface area contributed by atoms with E-state index in [0.29, 0.717) is 17.0 Å². The molecule has 3 heterocycles. The van der Waals surface area contributed by atoms with Crippen molar-refractivity contribution < 1.29 is 9.84 Å². The second-order valence-electron chi connectivity index (χ2n) is 5.35. The number of aromatic nitrogens is 2. The lowest BCUT2D eigenvalue weighted by molar-refractivity contribution is 0.198. The number of nitrogens with zero attached hydrogens (tertiary/aromatic N) is 3. The molecular formula is C16H15N5O2S. The summed E-state index contributed by atoms with van der Waals surface area (Å²) in [6.45, 7) is 3.73. The first-order valence-electron chi connectivity index (χ1n) is 7.31. The molecule has 2 aromatic rings. The van der Waals surface area contributed by atoms with Gasteiger partial charge in [0.25, 0.3) is 5.88 Å². The maximum atomic E-state index is 9.54. The monoisotopic (exact) mass is 341 g/mol. The van der Waals surface area contributed by atoms with Gasteiger partial charge in [-0.15, -0.1) is 16.4 Å². The molecule has 0 saturated carbocycles. The molecule has 3 N–H and O–H groups in total. The number of rotatable bonds is 4. The van der Waals surface area contributed by atoms with Gasteiger partial charge in [0.05, 0.1) is 41.3 Å². The van der Waals surface area contributed by atoms with Crippen LogP contribution in [0.25, 0.3) is 10.2 Å². The van der Waals surface area contributed by atoms with Crippen molar-refractivity contribution in [1.29, 1.82) is 10.5 Å². The first-order chi connectivity index (χ1) is 11.6. The quantitative estimate of drug-likeness (QED) is 0.785. The lowest BCUT2D eigenvalue weighted by Gasteiger charge is -2.24. The van der Waals surface area contributed by atoms with E-state index in [0.717, 1.165) is 26.5 Å². The summed E-state index contributed by atoms with van der Waals surface area (Å²) in [5.74, 6) is 0.0281. The SMILES string of the molecule is CC1=C(C#N)C(c2cc3[nH]nc(OCCO)c3s2)C(C#N)=C(C)N1. The minimum absolute atomic E-state index is 0.0953. The highest BCUT2D eigenvalue weighted by atomic mass is 32.1. The Balaban J connectivity index is 2.10. The predicted molar refractivity (Wildman–Crippen MR) is 89.1 cm³/mol. The number of aromatic amines is 1. The second-order valence-corrected chi connectivity index (χ2v) is 6.44. The number of ether oxygens (including phenoxy) is 1. The number of fused-ring (bicyclic) bond motifs is 1. The number of allylic oxidation sites excluding steroid dienone is 4. The molecule has 1 aliphatic rings. The van der Waals surface area contributed by atoms with Crippen LogP contribution >= 0.6 is 11.3 Å². The van der Waals surface area contributed by atoms with Crippen LogP contribution in [0.15, 0.2) is 28.6 Å². The molecule has 0 fully saturated rings. The molecule has 0 spiro atoms. The van der Waals surface area contributed by atoms with Gasteiger partial charge in [-0.05, 0) is 19.9 Å². The van der Waals surface area contributed by atoms with E-state index in [-0.39, 0.29) is 13.2 Å². The lowest BCUT2D eigenvalue weighted by atomic mass is 9.86. The number of aliphatic hydroxyl groups excluding tert-OH is 1. The third-order valence-electron chi connectivity index (χ3n) is 3.84. The highest BCUT2D eigenvalue weighted by Gasteiger charge is 2.31. The molecule has 2 aromatic heterocycles. The predicted octanol–water partition coefficient (Wildman–Crippen LogP) is 2.28. The van der Waals surface area contributed by atoms with Gasteiger partial charge in [-0.3, -0.25) is 5.10 Å². The van der Waals surface area contributed by atoms with Crippen LogP contribution in [0.1, 0.15) is 24.6 Å². The summed E-state index contributed by atoms with van der Waals surface area (Å²) >= 11 is 1.43. The van der Waals surface area contributed by atoms with Crippen molar-refractivity contribution >= 4 is 21.6 Å². The first kappa shape index (κ1) is 16.1. The Labute approximate surface area is 142 Å². The maximum Gasteiger partial charge on any atom is 0.250 e. The van der Waals surface area contributed by atoms with E-state index in [1.165, 1.54) is 11.3 Å². The Bertz CT molecular complexity index is 902. The molecule has 0 amide bonds. The number of nitriles is 2. The topological polar surface area (TPSA) is 118 Å². The number of H-pyrrole nitrogens is 1. The van der Waals surface area contributed by atoms with Crippen LogP contribution in [0.3, 0.4) is 0 Å². The van der Waals surface area contributed by atoms with Crippen LogP contribution in [0.2, 0.25) is 0 Å². The zero-order valence-corrected chi connectivity index (χ0v) is 14.0. The molecule has 8 heteroatoms. The van der Waals surface area contributed by atoms with Crippen molar-refractivity contribution in [3.05, 3.63) is 33.5 Å². The van der Waals surface area contributed by atoms with E-state index in [1.807, 2.05) is 19.9 Å². The molecule has 0 bridgehead atoms. The summed E-state index contributed by atoms with van der Waals surface area (Å²) in [7, 11) is 0. The molecule has 24 heavy (non-hydrogen) atoms. The number of hydrogen-bond donors (Lipinski definition) is 3. The molecule has 0 unspecified atom stereocenters.